The molecule has 3 aromatic heterocycles. The summed E-state index contributed by atoms with van der Waals surface area (Å²) < 4.78 is 14.6. The molecule has 0 saturated carbocycles. The van der Waals surface area contributed by atoms with Crippen molar-refractivity contribution in [2.45, 2.75) is 19.1 Å². The molecule has 0 unspecified atom stereocenters. The maximum Gasteiger partial charge on any atom is 0.255 e. The zero-order valence-electron chi connectivity index (χ0n) is 13.9. The highest BCUT2D eigenvalue weighted by molar-refractivity contribution is 5.95. The van der Waals surface area contributed by atoms with Crippen LogP contribution in [0.25, 0.3) is 5.65 Å². The fraction of sp³-hybridized carbons (Fsp3) is 0.375. The Kier molecular flexibility index (Phi) is 3.85. The third-order valence-corrected chi connectivity index (χ3v) is 4.13. The Hall–Kier alpha value is -2.94. The zero-order chi connectivity index (χ0) is 17.4. The molecule has 0 bridgehead atoms. The lowest BCUT2D eigenvalue weighted by Gasteiger charge is -2.20. The summed E-state index contributed by atoms with van der Waals surface area (Å²) in [4.78, 5) is 17.1. The van der Waals surface area contributed by atoms with E-state index in [2.05, 4.69) is 20.5 Å². The van der Waals surface area contributed by atoms with E-state index in [4.69, 9.17) is 9.47 Å². The number of nitrogens with zero attached hydrogens (tertiary/aromatic N) is 5. The number of carbonyl (C=O) groups is 1. The molecule has 4 heterocycles. The van der Waals surface area contributed by atoms with Crippen molar-refractivity contribution in [1.29, 1.82) is 0 Å². The number of ether oxygens (including phenoxy) is 2. The Labute approximate surface area is 143 Å². The third-order valence-electron chi connectivity index (χ3n) is 4.13. The Morgan fingerprint density at radius 2 is 2.24 bits per heavy atom. The number of amides is 1. The first-order valence-corrected chi connectivity index (χ1v) is 7.95. The molecule has 4 rings (SSSR count). The van der Waals surface area contributed by atoms with Crippen molar-refractivity contribution >= 4 is 11.6 Å². The third kappa shape index (κ3) is 3.05. The molecule has 130 valence electrons. The van der Waals surface area contributed by atoms with E-state index >= 15 is 0 Å². The predicted molar refractivity (Wildman–Crippen MR) is 87.4 cm³/mol. The Morgan fingerprint density at radius 1 is 1.36 bits per heavy atom. The van der Waals surface area contributed by atoms with E-state index in [9.17, 15) is 4.79 Å². The lowest BCUT2D eigenvalue weighted by Crippen LogP contribution is -2.45. The van der Waals surface area contributed by atoms with E-state index in [1.807, 2.05) is 7.05 Å². The summed E-state index contributed by atoms with van der Waals surface area (Å²) >= 11 is 0. The van der Waals surface area contributed by atoms with Crippen LogP contribution in [0.3, 0.4) is 0 Å². The average Bonchev–Trinajstić information content (AvgIpc) is 3.29. The number of hydrogen-bond acceptors (Lipinski definition) is 6. The Bertz CT molecular complexity index is 918. The molecule has 1 saturated heterocycles. The van der Waals surface area contributed by atoms with Crippen LogP contribution >= 0.6 is 0 Å². The van der Waals surface area contributed by atoms with E-state index in [1.54, 1.807) is 47.0 Å². The summed E-state index contributed by atoms with van der Waals surface area (Å²) in [5.74, 6) is 0.422. The van der Waals surface area contributed by atoms with E-state index in [0.29, 0.717) is 35.9 Å². The van der Waals surface area contributed by atoms with Crippen molar-refractivity contribution < 1.29 is 14.3 Å². The van der Waals surface area contributed by atoms with Gasteiger partial charge in [-0.05, 0) is 6.92 Å². The van der Waals surface area contributed by atoms with Gasteiger partial charge in [-0.15, -0.1) is 0 Å². The van der Waals surface area contributed by atoms with Crippen molar-refractivity contribution in [3.63, 3.8) is 0 Å². The first-order valence-electron chi connectivity index (χ1n) is 7.95. The molecule has 1 fully saturated rings. The van der Waals surface area contributed by atoms with Gasteiger partial charge < -0.3 is 14.8 Å². The van der Waals surface area contributed by atoms with E-state index in [-0.39, 0.29) is 18.1 Å². The fourth-order valence-corrected chi connectivity index (χ4v) is 2.83. The number of hydrogen-bond donors (Lipinski definition) is 1. The molecule has 0 spiro atoms. The number of carbonyl (C=O) groups excluding carboxylic acids is 1. The molecule has 1 N–H and O–H groups in total. The number of fused-ring (bicyclic) bond motifs is 1. The Balaban J connectivity index is 1.49. The molecule has 0 radical (unpaired) electrons. The monoisotopic (exact) mass is 342 g/mol. The second-order valence-corrected chi connectivity index (χ2v) is 6.00. The first-order chi connectivity index (χ1) is 12.1. The lowest BCUT2D eigenvalue weighted by molar-refractivity contribution is 0.0902. The van der Waals surface area contributed by atoms with Crippen LogP contribution in [0.1, 0.15) is 16.1 Å². The minimum absolute atomic E-state index is 0.224. The topological polar surface area (TPSA) is 95.6 Å². The van der Waals surface area contributed by atoms with E-state index in [1.165, 1.54) is 0 Å². The molecule has 0 aromatic carbocycles. The minimum atomic E-state index is -0.269. The van der Waals surface area contributed by atoms with Gasteiger partial charge in [0.05, 0.1) is 49.1 Å². The highest BCUT2D eigenvalue weighted by atomic mass is 16.5. The maximum absolute atomic E-state index is 12.7. The van der Waals surface area contributed by atoms with Gasteiger partial charge in [0.15, 0.2) is 11.4 Å². The van der Waals surface area contributed by atoms with Crippen molar-refractivity contribution in [1.82, 2.24) is 29.7 Å². The van der Waals surface area contributed by atoms with E-state index < -0.39 is 0 Å². The maximum atomic E-state index is 12.7. The standard InChI is InChI=1S/C16H18N6O3/c1-10-12(7-22-15(19-10)3-4-17-22)16(23)20-13-8-24-9-14(13)25-11-5-18-21(2)6-11/h3-7,13-14H,8-9H2,1-2H3,(H,20,23)/t13-,14+/m0/s1. The van der Waals surface area contributed by atoms with Gasteiger partial charge in [-0.25, -0.2) is 9.50 Å². The highest BCUT2D eigenvalue weighted by Crippen LogP contribution is 2.17. The van der Waals surface area contributed by atoms with Crippen LogP contribution in [-0.2, 0) is 11.8 Å². The molecule has 2 atom stereocenters. The van der Waals surface area contributed by atoms with Crippen molar-refractivity contribution in [2.24, 2.45) is 7.05 Å². The lowest BCUT2D eigenvalue weighted by atomic mass is 10.1. The smallest absolute Gasteiger partial charge is 0.255 e. The number of aryl methyl sites for hydroxylation is 2. The number of aromatic nitrogens is 5. The second-order valence-electron chi connectivity index (χ2n) is 6.00. The van der Waals surface area contributed by atoms with Gasteiger partial charge in [0.1, 0.15) is 6.10 Å². The summed E-state index contributed by atoms with van der Waals surface area (Å²) in [6.07, 6.45) is 6.47. The van der Waals surface area contributed by atoms with Crippen molar-refractivity contribution in [2.75, 3.05) is 13.2 Å². The average molecular weight is 342 g/mol. The van der Waals surface area contributed by atoms with Gasteiger partial charge >= 0.3 is 0 Å². The fourth-order valence-electron chi connectivity index (χ4n) is 2.83. The largest absolute Gasteiger partial charge is 0.482 e. The SMILES string of the molecule is Cc1nc2ccnn2cc1C(=O)N[C@H]1COC[C@H]1Oc1cnn(C)c1. The summed E-state index contributed by atoms with van der Waals surface area (Å²) in [6, 6.07) is 1.54. The number of rotatable bonds is 4. The highest BCUT2D eigenvalue weighted by Gasteiger charge is 2.32. The van der Waals surface area contributed by atoms with Crippen LogP contribution < -0.4 is 10.1 Å². The summed E-state index contributed by atoms with van der Waals surface area (Å²) in [5, 5.41) is 11.2. The molecular weight excluding hydrogens is 324 g/mol. The van der Waals surface area contributed by atoms with Crippen LogP contribution in [0.15, 0.2) is 30.9 Å². The molecule has 9 nitrogen and oxygen atoms in total. The van der Waals surface area contributed by atoms with Gasteiger partial charge in [0.2, 0.25) is 0 Å². The number of nitrogens with one attached hydrogen (secondary N) is 1. The van der Waals surface area contributed by atoms with Gasteiger partial charge in [0, 0.05) is 19.3 Å². The van der Waals surface area contributed by atoms with Crippen LogP contribution in [0.2, 0.25) is 0 Å². The summed E-state index contributed by atoms with van der Waals surface area (Å²) in [5.41, 5.74) is 1.83. The molecule has 9 heteroatoms. The van der Waals surface area contributed by atoms with Crippen molar-refractivity contribution in [3.8, 4) is 5.75 Å². The molecule has 25 heavy (non-hydrogen) atoms. The van der Waals surface area contributed by atoms with Gasteiger partial charge in [0.25, 0.3) is 5.91 Å². The predicted octanol–water partition coefficient (Wildman–Crippen LogP) is 0.347. The van der Waals surface area contributed by atoms with Gasteiger partial charge in [-0.1, -0.05) is 0 Å². The first kappa shape index (κ1) is 15.6. The molecule has 0 aliphatic carbocycles. The molecular formula is C16H18N6O3. The van der Waals surface area contributed by atoms with Crippen LogP contribution in [0, 0.1) is 6.92 Å². The molecule has 1 aliphatic heterocycles. The van der Waals surface area contributed by atoms with Crippen molar-refractivity contribution in [3.05, 3.63) is 42.1 Å². The van der Waals surface area contributed by atoms with Gasteiger partial charge in [-0.3, -0.25) is 9.48 Å². The van der Waals surface area contributed by atoms with Gasteiger partial charge in [-0.2, -0.15) is 10.2 Å². The van der Waals surface area contributed by atoms with Crippen LogP contribution in [-0.4, -0.2) is 55.6 Å². The van der Waals surface area contributed by atoms with E-state index in [0.717, 1.165) is 0 Å². The normalized spacial score (nSPS) is 20.1. The quantitative estimate of drug-likeness (QED) is 0.735. The zero-order valence-corrected chi connectivity index (χ0v) is 13.9. The minimum Gasteiger partial charge on any atom is -0.482 e. The van der Waals surface area contributed by atoms with Crippen LogP contribution in [0.4, 0.5) is 0 Å². The second kappa shape index (κ2) is 6.17. The molecule has 1 amide bonds. The Morgan fingerprint density at radius 3 is 3.04 bits per heavy atom. The summed E-state index contributed by atoms with van der Waals surface area (Å²) in [7, 11) is 1.82. The molecule has 1 aliphatic rings. The molecule has 3 aromatic rings. The summed E-state index contributed by atoms with van der Waals surface area (Å²) in [6.45, 7) is 2.61. The van der Waals surface area contributed by atoms with Crippen LogP contribution in [0.5, 0.6) is 5.75 Å².